The lowest BCUT2D eigenvalue weighted by Gasteiger charge is -2.12. The molecule has 0 heterocycles. The Hall–Kier alpha value is -0.930. The molecule has 14 heavy (non-hydrogen) atoms. The van der Waals surface area contributed by atoms with Crippen LogP contribution in [0.15, 0.2) is 18.2 Å². The van der Waals surface area contributed by atoms with Gasteiger partial charge in [0.1, 0.15) is 0 Å². The average Bonchev–Trinajstić information content (AvgIpc) is 2.01. The molecular formula is C9H10Cl2N2O. The first-order chi connectivity index (χ1) is 6.49. The van der Waals surface area contributed by atoms with E-state index in [9.17, 15) is 4.79 Å². The van der Waals surface area contributed by atoms with Crippen LogP contribution in [0.5, 0.6) is 0 Å². The summed E-state index contributed by atoms with van der Waals surface area (Å²) in [5.41, 5.74) is 0.584. The quantitative estimate of drug-likeness (QED) is 0.794. The molecule has 0 aromatic heterocycles. The molecule has 76 valence electrons. The number of carbonyl (C=O) groups excluding carboxylic acids is 1. The van der Waals surface area contributed by atoms with E-state index in [2.05, 4.69) is 5.32 Å². The van der Waals surface area contributed by atoms with Gasteiger partial charge >= 0.3 is 6.03 Å². The maximum atomic E-state index is 11.3. The molecule has 0 aliphatic rings. The normalized spacial score (nSPS) is 9.71. The third-order valence-electron chi connectivity index (χ3n) is 1.52. The van der Waals surface area contributed by atoms with Gasteiger partial charge in [-0.3, -0.25) is 0 Å². The molecule has 0 radical (unpaired) electrons. The number of hydrogen-bond acceptors (Lipinski definition) is 1. The van der Waals surface area contributed by atoms with Crippen LogP contribution in [0.1, 0.15) is 0 Å². The second-order valence-corrected chi connectivity index (χ2v) is 3.86. The Morgan fingerprint density at radius 1 is 1.21 bits per heavy atom. The van der Waals surface area contributed by atoms with Crippen molar-refractivity contribution in [3.63, 3.8) is 0 Å². The highest BCUT2D eigenvalue weighted by Gasteiger charge is 2.04. The van der Waals surface area contributed by atoms with Gasteiger partial charge in [0.05, 0.1) is 0 Å². The van der Waals surface area contributed by atoms with Gasteiger partial charge in [0.25, 0.3) is 0 Å². The van der Waals surface area contributed by atoms with E-state index in [-0.39, 0.29) is 6.03 Å². The van der Waals surface area contributed by atoms with E-state index in [1.165, 1.54) is 4.90 Å². The first kappa shape index (κ1) is 11.1. The lowest BCUT2D eigenvalue weighted by atomic mass is 10.3. The number of nitrogens with zero attached hydrogens (tertiary/aromatic N) is 1. The molecule has 0 aliphatic carbocycles. The number of rotatable bonds is 1. The molecule has 0 unspecified atom stereocenters. The van der Waals surface area contributed by atoms with Crippen LogP contribution in [-0.4, -0.2) is 25.0 Å². The highest BCUT2D eigenvalue weighted by molar-refractivity contribution is 6.35. The zero-order valence-corrected chi connectivity index (χ0v) is 9.36. The highest BCUT2D eigenvalue weighted by Crippen LogP contribution is 2.22. The molecule has 1 aromatic carbocycles. The summed E-state index contributed by atoms with van der Waals surface area (Å²) in [5.74, 6) is 0. The van der Waals surface area contributed by atoms with E-state index in [1.54, 1.807) is 32.3 Å². The second-order valence-electron chi connectivity index (χ2n) is 2.98. The largest absolute Gasteiger partial charge is 0.331 e. The predicted molar refractivity (Wildman–Crippen MR) is 59.2 cm³/mol. The number of nitrogens with one attached hydrogen (secondary N) is 1. The van der Waals surface area contributed by atoms with Gasteiger partial charge < -0.3 is 10.2 Å². The fourth-order valence-electron chi connectivity index (χ4n) is 0.861. The van der Waals surface area contributed by atoms with Gasteiger partial charge in [-0.25, -0.2) is 4.79 Å². The highest BCUT2D eigenvalue weighted by atomic mass is 35.5. The van der Waals surface area contributed by atoms with E-state index in [0.717, 1.165) is 0 Å². The summed E-state index contributed by atoms with van der Waals surface area (Å²) in [6.07, 6.45) is 0. The topological polar surface area (TPSA) is 32.3 Å². The van der Waals surface area contributed by atoms with E-state index in [0.29, 0.717) is 15.7 Å². The third-order valence-corrected chi connectivity index (χ3v) is 1.96. The minimum Gasteiger partial charge on any atom is -0.331 e. The van der Waals surface area contributed by atoms with Gasteiger partial charge in [0.15, 0.2) is 0 Å². The maximum absolute atomic E-state index is 11.3. The average molecular weight is 233 g/mol. The van der Waals surface area contributed by atoms with E-state index >= 15 is 0 Å². The van der Waals surface area contributed by atoms with Crippen molar-refractivity contribution in [3.05, 3.63) is 28.2 Å². The third kappa shape index (κ3) is 3.09. The molecule has 1 aromatic rings. The van der Waals surface area contributed by atoms with Crippen molar-refractivity contribution < 1.29 is 4.79 Å². The minimum absolute atomic E-state index is 0.219. The Labute approximate surface area is 92.6 Å². The Morgan fingerprint density at radius 3 is 2.14 bits per heavy atom. The van der Waals surface area contributed by atoms with Crippen LogP contribution >= 0.6 is 23.2 Å². The van der Waals surface area contributed by atoms with Gasteiger partial charge in [-0.2, -0.15) is 0 Å². The molecule has 0 saturated heterocycles. The first-order valence-electron chi connectivity index (χ1n) is 3.93. The zero-order valence-electron chi connectivity index (χ0n) is 7.84. The van der Waals surface area contributed by atoms with Crippen molar-refractivity contribution in [1.29, 1.82) is 0 Å². The predicted octanol–water partition coefficient (Wildman–Crippen LogP) is 3.09. The monoisotopic (exact) mass is 232 g/mol. The van der Waals surface area contributed by atoms with Crippen LogP contribution in [0.2, 0.25) is 10.0 Å². The van der Waals surface area contributed by atoms with Gasteiger partial charge in [0, 0.05) is 29.8 Å². The Morgan fingerprint density at radius 2 is 1.71 bits per heavy atom. The summed E-state index contributed by atoms with van der Waals surface area (Å²) in [6.45, 7) is 0. The van der Waals surface area contributed by atoms with Gasteiger partial charge in [-0.05, 0) is 18.2 Å². The summed E-state index contributed by atoms with van der Waals surface area (Å²) >= 11 is 11.5. The molecule has 0 saturated carbocycles. The van der Waals surface area contributed by atoms with E-state index < -0.39 is 0 Å². The van der Waals surface area contributed by atoms with E-state index in [1.807, 2.05) is 0 Å². The Kier molecular flexibility index (Phi) is 3.61. The number of halogens is 2. The van der Waals surface area contributed by atoms with Gasteiger partial charge in [-0.15, -0.1) is 0 Å². The molecule has 2 amide bonds. The molecule has 1 rings (SSSR count). The van der Waals surface area contributed by atoms with Crippen molar-refractivity contribution >= 4 is 34.9 Å². The van der Waals surface area contributed by atoms with Gasteiger partial charge in [0.2, 0.25) is 0 Å². The molecule has 0 fully saturated rings. The molecule has 0 aliphatic heterocycles. The number of urea groups is 1. The molecule has 0 atom stereocenters. The molecule has 3 nitrogen and oxygen atoms in total. The minimum atomic E-state index is -0.219. The van der Waals surface area contributed by atoms with Crippen LogP contribution in [0.3, 0.4) is 0 Å². The number of benzene rings is 1. The molecule has 5 heteroatoms. The van der Waals surface area contributed by atoms with Crippen molar-refractivity contribution in [3.8, 4) is 0 Å². The lowest BCUT2D eigenvalue weighted by molar-refractivity contribution is 0.230. The first-order valence-corrected chi connectivity index (χ1v) is 4.69. The molecule has 0 spiro atoms. The fraction of sp³-hybridized carbons (Fsp3) is 0.222. The summed E-state index contributed by atoms with van der Waals surface area (Å²) in [6, 6.07) is 4.65. The number of carbonyl (C=O) groups is 1. The lowest BCUT2D eigenvalue weighted by Crippen LogP contribution is -2.27. The SMILES string of the molecule is CN(C)C(=O)Nc1cc(Cl)cc(Cl)c1. The zero-order chi connectivity index (χ0) is 10.7. The fourth-order valence-corrected chi connectivity index (χ4v) is 1.39. The summed E-state index contributed by atoms with van der Waals surface area (Å²) in [5, 5.41) is 3.63. The number of amides is 2. The standard InChI is InChI=1S/C9H10Cl2N2O/c1-13(2)9(14)12-8-4-6(10)3-7(11)5-8/h3-5H,1-2H3,(H,12,14). The van der Waals surface area contributed by atoms with Crippen molar-refractivity contribution in [2.75, 3.05) is 19.4 Å². The second kappa shape index (κ2) is 4.53. The van der Waals surface area contributed by atoms with Crippen LogP contribution in [0, 0.1) is 0 Å². The van der Waals surface area contributed by atoms with Crippen LogP contribution in [-0.2, 0) is 0 Å². The van der Waals surface area contributed by atoms with Crippen LogP contribution < -0.4 is 5.32 Å². The molecule has 1 N–H and O–H groups in total. The van der Waals surface area contributed by atoms with Gasteiger partial charge in [-0.1, -0.05) is 23.2 Å². The van der Waals surface area contributed by atoms with Crippen LogP contribution in [0.25, 0.3) is 0 Å². The number of hydrogen-bond donors (Lipinski definition) is 1. The van der Waals surface area contributed by atoms with Crippen molar-refractivity contribution in [2.45, 2.75) is 0 Å². The summed E-state index contributed by atoms with van der Waals surface area (Å²) in [7, 11) is 3.31. The molecule has 0 bridgehead atoms. The van der Waals surface area contributed by atoms with Crippen LogP contribution in [0.4, 0.5) is 10.5 Å². The maximum Gasteiger partial charge on any atom is 0.321 e. The summed E-state index contributed by atoms with van der Waals surface area (Å²) < 4.78 is 0. The Bertz CT molecular complexity index is 332. The smallest absolute Gasteiger partial charge is 0.321 e. The summed E-state index contributed by atoms with van der Waals surface area (Å²) in [4.78, 5) is 12.7. The molecular weight excluding hydrogens is 223 g/mol. The number of anilines is 1. The van der Waals surface area contributed by atoms with E-state index in [4.69, 9.17) is 23.2 Å². The Balaban J connectivity index is 2.82. The van der Waals surface area contributed by atoms with Crippen molar-refractivity contribution in [1.82, 2.24) is 4.90 Å². The van der Waals surface area contributed by atoms with Crippen molar-refractivity contribution in [2.24, 2.45) is 0 Å².